The minimum absolute atomic E-state index is 0.123. The molecule has 1 aliphatic heterocycles. The van der Waals surface area contributed by atoms with Crippen LogP contribution in [0.25, 0.3) is 0 Å². The van der Waals surface area contributed by atoms with Crippen LogP contribution in [0.5, 0.6) is 0 Å². The minimum Gasteiger partial charge on any atom is -0.286 e. The van der Waals surface area contributed by atoms with E-state index in [1.807, 2.05) is 31.2 Å². The maximum absolute atomic E-state index is 13.0. The van der Waals surface area contributed by atoms with Gasteiger partial charge in [0.25, 0.3) is 6.43 Å². The Labute approximate surface area is 116 Å². The molecule has 0 amide bonds. The molecule has 1 aromatic carbocycles. The maximum Gasteiger partial charge on any atom is 0.282 e. The SMILES string of the molecule is CC1=NCCN=C(C(F)F)/C1=N\Nc1ccc(C)cc1. The number of anilines is 1. The molecule has 0 saturated carbocycles. The Morgan fingerprint density at radius 2 is 1.75 bits per heavy atom. The molecule has 1 aromatic rings. The number of halogens is 2. The highest BCUT2D eigenvalue weighted by atomic mass is 19.3. The van der Waals surface area contributed by atoms with E-state index in [0.717, 1.165) is 11.3 Å². The molecule has 0 saturated heterocycles. The molecule has 0 fully saturated rings. The van der Waals surface area contributed by atoms with E-state index in [-0.39, 0.29) is 18.0 Å². The first kappa shape index (κ1) is 14.3. The lowest BCUT2D eigenvalue weighted by Gasteiger charge is -2.08. The number of rotatable bonds is 3. The molecule has 0 aromatic heterocycles. The summed E-state index contributed by atoms with van der Waals surface area (Å²) in [5, 5.41) is 4.05. The predicted molar refractivity (Wildman–Crippen MR) is 78.5 cm³/mol. The summed E-state index contributed by atoms with van der Waals surface area (Å²) >= 11 is 0. The molecule has 6 heteroatoms. The summed E-state index contributed by atoms with van der Waals surface area (Å²) in [5.41, 5.74) is 4.92. The van der Waals surface area contributed by atoms with Crippen LogP contribution in [0.1, 0.15) is 12.5 Å². The van der Waals surface area contributed by atoms with Crippen molar-refractivity contribution in [3.63, 3.8) is 0 Å². The summed E-state index contributed by atoms with van der Waals surface area (Å²) in [5.74, 6) is 0. The van der Waals surface area contributed by atoms with E-state index in [1.54, 1.807) is 6.92 Å². The first-order chi connectivity index (χ1) is 9.58. The van der Waals surface area contributed by atoms with Crippen LogP contribution in [0.4, 0.5) is 14.5 Å². The van der Waals surface area contributed by atoms with Crippen molar-refractivity contribution >= 4 is 22.8 Å². The number of hydrogen-bond acceptors (Lipinski definition) is 4. The number of hydrazone groups is 1. The monoisotopic (exact) mass is 278 g/mol. The van der Waals surface area contributed by atoms with Crippen LogP contribution >= 0.6 is 0 Å². The van der Waals surface area contributed by atoms with Gasteiger partial charge in [-0.3, -0.25) is 15.4 Å². The van der Waals surface area contributed by atoms with Gasteiger partial charge in [-0.15, -0.1) is 0 Å². The normalized spacial score (nSPS) is 17.8. The molecule has 1 N–H and O–H groups in total. The fourth-order valence-electron chi connectivity index (χ4n) is 1.78. The molecular weight excluding hydrogens is 262 g/mol. The summed E-state index contributed by atoms with van der Waals surface area (Å²) < 4.78 is 26.0. The van der Waals surface area contributed by atoms with Crippen LogP contribution in [-0.2, 0) is 0 Å². The van der Waals surface area contributed by atoms with Gasteiger partial charge in [-0.25, -0.2) is 8.78 Å². The van der Waals surface area contributed by atoms with Crippen molar-refractivity contribution in [1.29, 1.82) is 0 Å². The van der Waals surface area contributed by atoms with Crippen LogP contribution in [0.15, 0.2) is 39.4 Å². The van der Waals surface area contributed by atoms with E-state index in [4.69, 9.17) is 0 Å². The van der Waals surface area contributed by atoms with Crippen LogP contribution in [0.3, 0.4) is 0 Å². The number of nitrogens with zero attached hydrogens (tertiary/aromatic N) is 3. The van der Waals surface area contributed by atoms with Crippen molar-refractivity contribution in [3.8, 4) is 0 Å². The van der Waals surface area contributed by atoms with Crippen molar-refractivity contribution in [1.82, 2.24) is 0 Å². The van der Waals surface area contributed by atoms with Gasteiger partial charge in [-0.05, 0) is 26.0 Å². The molecule has 0 radical (unpaired) electrons. The average Bonchev–Trinajstić information content (AvgIpc) is 2.60. The van der Waals surface area contributed by atoms with Crippen LogP contribution in [-0.4, -0.2) is 36.7 Å². The Kier molecular flexibility index (Phi) is 4.55. The van der Waals surface area contributed by atoms with E-state index in [0.29, 0.717) is 12.3 Å². The second-order valence-corrected chi connectivity index (χ2v) is 4.47. The van der Waals surface area contributed by atoms with E-state index in [9.17, 15) is 8.78 Å². The number of nitrogens with one attached hydrogen (secondary N) is 1. The Bertz CT molecular complexity index is 559. The Hall–Kier alpha value is -2.11. The second-order valence-electron chi connectivity index (χ2n) is 4.47. The molecule has 0 bridgehead atoms. The fraction of sp³-hybridized carbons (Fsp3) is 0.357. The number of alkyl halides is 2. The van der Waals surface area contributed by atoms with Crippen LogP contribution in [0.2, 0.25) is 0 Å². The molecule has 4 nitrogen and oxygen atoms in total. The topological polar surface area (TPSA) is 49.1 Å². The molecule has 0 unspecified atom stereocenters. The van der Waals surface area contributed by atoms with Crippen molar-refractivity contribution in [2.75, 3.05) is 18.5 Å². The molecule has 1 heterocycles. The van der Waals surface area contributed by atoms with Crippen molar-refractivity contribution < 1.29 is 8.78 Å². The molecule has 0 aliphatic carbocycles. The van der Waals surface area contributed by atoms with Crippen molar-refractivity contribution in [3.05, 3.63) is 29.8 Å². The van der Waals surface area contributed by atoms with Gasteiger partial charge in [0, 0.05) is 0 Å². The van der Waals surface area contributed by atoms with Gasteiger partial charge in [0.1, 0.15) is 11.4 Å². The van der Waals surface area contributed by atoms with Crippen molar-refractivity contribution in [2.45, 2.75) is 20.3 Å². The van der Waals surface area contributed by atoms with Crippen molar-refractivity contribution in [2.24, 2.45) is 15.1 Å². The van der Waals surface area contributed by atoms with Gasteiger partial charge < -0.3 is 0 Å². The van der Waals surface area contributed by atoms with E-state index < -0.39 is 6.43 Å². The zero-order valence-corrected chi connectivity index (χ0v) is 11.4. The van der Waals surface area contributed by atoms with E-state index in [2.05, 4.69) is 20.5 Å². The van der Waals surface area contributed by atoms with E-state index in [1.165, 1.54) is 0 Å². The highest BCUT2D eigenvalue weighted by molar-refractivity contribution is 6.69. The lowest BCUT2D eigenvalue weighted by Crippen LogP contribution is -2.28. The number of hydrogen-bond donors (Lipinski definition) is 1. The lowest BCUT2D eigenvalue weighted by molar-refractivity contribution is 0.228. The van der Waals surface area contributed by atoms with Gasteiger partial charge in [0.15, 0.2) is 0 Å². The molecule has 0 spiro atoms. The Morgan fingerprint density at radius 1 is 1.10 bits per heavy atom. The lowest BCUT2D eigenvalue weighted by atomic mass is 10.1. The van der Waals surface area contributed by atoms with Crippen LogP contribution in [0, 0.1) is 6.92 Å². The summed E-state index contributed by atoms with van der Waals surface area (Å²) in [6, 6.07) is 7.50. The molecule has 1 aliphatic rings. The summed E-state index contributed by atoms with van der Waals surface area (Å²) in [6.45, 7) is 4.31. The highest BCUT2D eigenvalue weighted by Crippen LogP contribution is 2.10. The molecule has 20 heavy (non-hydrogen) atoms. The largest absolute Gasteiger partial charge is 0.286 e. The van der Waals surface area contributed by atoms with Gasteiger partial charge in [-0.1, -0.05) is 17.7 Å². The Balaban J connectivity index is 2.26. The first-order valence-electron chi connectivity index (χ1n) is 6.32. The fourth-order valence-corrected chi connectivity index (χ4v) is 1.78. The molecule has 0 atom stereocenters. The van der Waals surface area contributed by atoms with Gasteiger partial charge in [0.05, 0.1) is 24.5 Å². The maximum atomic E-state index is 13.0. The van der Waals surface area contributed by atoms with Gasteiger partial charge >= 0.3 is 0 Å². The third kappa shape index (κ3) is 3.46. The summed E-state index contributed by atoms with van der Waals surface area (Å²) in [7, 11) is 0. The van der Waals surface area contributed by atoms with E-state index >= 15 is 0 Å². The Morgan fingerprint density at radius 3 is 2.40 bits per heavy atom. The molecule has 106 valence electrons. The first-order valence-corrected chi connectivity index (χ1v) is 6.32. The third-order valence-electron chi connectivity index (χ3n) is 2.87. The zero-order chi connectivity index (χ0) is 14.5. The predicted octanol–water partition coefficient (Wildman–Crippen LogP) is 2.94. The van der Waals surface area contributed by atoms with Crippen LogP contribution < -0.4 is 5.43 Å². The number of aliphatic imine (C=N–C) groups is 2. The third-order valence-corrected chi connectivity index (χ3v) is 2.87. The quantitative estimate of drug-likeness (QED) is 0.849. The smallest absolute Gasteiger partial charge is 0.282 e. The standard InChI is InChI=1S/C14H16F2N4/c1-9-3-5-11(6-4-9)19-20-12-10(2)17-7-8-18-13(12)14(15)16/h3-6,14,19H,7-8H2,1-2H3/b20-12-. The minimum atomic E-state index is -2.66. The van der Waals surface area contributed by atoms with Gasteiger partial charge in [0.2, 0.25) is 0 Å². The second kappa shape index (κ2) is 6.36. The zero-order valence-electron chi connectivity index (χ0n) is 11.4. The summed E-state index contributed by atoms with van der Waals surface area (Å²) in [6.07, 6.45) is -2.66. The number of aryl methyl sites for hydroxylation is 1. The summed E-state index contributed by atoms with van der Waals surface area (Å²) in [4.78, 5) is 8.02. The number of benzene rings is 1. The molecular formula is C14H16F2N4. The van der Waals surface area contributed by atoms with Gasteiger partial charge in [-0.2, -0.15) is 5.10 Å². The average molecular weight is 278 g/mol. The highest BCUT2D eigenvalue weighted by Gasteiger charge is 2.23. The molecule has 2 rings (SSSR count).